The van der Waals surface area contributed by atoms with Crippen LogP contribution in [0.3, 0.4) is 0 Å². The molecule has 17 heavy (non-hydrogen) atoms. The normalized spacial score (nSPS) is 56.6. The standard InChI is InChI=1S/C15H26O2/c1-10-6-5-7-13(2,3)11-12-14(4,16)8-9-15(10,11)17-12/h10-12,16H,5-9H2,1-4H3. The van der Waals surface area contributed by atoms with E-state index < -0.39 is 5.60 Å². The van der Waals surface area contributed by atoms with Crippen molar-refractivity contribution in [3.63, 3.8) is 0 Å². The molecule has 3 rings (SSSR count). The second-order valence-corrected chi connectivity index (χ2v) is 7.61. The van der Waals surface area contributed by atoms with Crippen LogP contribution in [0.5, 0.6) is 0 Å². The number of aliphatic hydroxyl groups is 1. The lowest BCUT2D eigenvalue weighted by Crippen LogP contribution is -2.76. The summed E-state index contributed by atoms with van der Waals surface area (Å²) in [5.41, 5.74) is -0.196. The molecule has 0 radical (unpaired) electrons. The maximum absolute atomic E-state index is 10.5. The van der Waals surface area contributed by atoms with Gasteiger partial charge >= 0.3 is 0 Å². The molecule has 1 aliphatic carbocycles. The van der Waals surface area contributed by atoms with E-state index in [4.69, 9.17) is 4.74 Å². The highest BCUT2D eigenvalue weighted by molar-refractivity contribution is 5.18. The Morgan fingerprint density at radius 2 is 1.82 bits per heavy atom. The summed E-state index contributed by atoms with van der Waals surface area (Å²) in [4.78, 5) is 0. The highest BCUT2D eigenvalue weighted by atomic mass is 16.6. The van der Waals surface area contributed by atoms with Crippen molar-refractivity contribution in [3.8, 4) is 0 Å². The SMILES string of the molecule is CC1CCCC(C)(C)C2C3OC12CCC3(C)O. The highest BCUT2D eigenvalue weighted by Gasteiger charge is 2.70. The summed E-state index contributed by atoms with van der Waals surface area (Å²) in [5, 5.41) is 10.5. The second kappa shape index (κ2) is 3.27. The molecule has 5 unspecified atom stereocenters. The summed E-state index contributed by atoms with van der Waals surface area (Å²) in [6, 6.07) is 0. The number of rotatable bonds is 0. The van der Waals surface area contributed by atoms with E-state index in [1.54, 1.807) is 0 Å². The smallest absolute Gasteiger partial charge is 0.0927 e. The molecule has 2 saturated heterocycles. The summed E-state index contributed by atoms with van der Waals surface area (Å²) >= 11 is 0. The van der Waals surface area contributed by atoms with Gasteiger partial charge < -0.3 is 9.84 Å². The molecule has 98 valence electrons. The Morgan fingerprint density at radius 3 is 2.47 bits per heavy atom. The van der Waals surface area contributed by atoms with Crippen LogP contribution < -0.4 is 0 Å². The number of hydrogen-bond acceptors (Lipinski definition) is 2. The first-order valence-corrected chi connectivity index (χ1v) is 7.20. The van der Waals surface area contributed by atoms with Crippen LogP contribution in [0.4, 0.5) is 0 Å². The van der Waals surface area contributed by atoms with Gasteiger partial charge in [0.15, 0.2) is 0 Å². The summed E-state index contributed by atoms with van der Waals surface area (Å²) in [6.45, 7) is 9.07. The van der Waals surface area contributed by atoms with E-state index >= 15 is 0 Å². The minimum Gasteiger partial charge on any atom is -0.387 e. The molecule has 2 heteroatoms. The second-order valence-electron chi connectivity index (χ2n) is 7.61. The van der Waals surface area contributed by atoms with E-state index in [0.717, 1.165) is 12.8 Å². The van der Waals surface area contributed by atoms with Crippen molar-refractivity contribution in [1.29, 1.82) is 0 Å². The lowest BCUT2D eigenvalue weighted by molar-refractivity contribution is -0.379. The van der Waals surface area contributed by atoms with Gasteiger partial charge in [0.1, 0.15) is 0 Å². The van der Waals surface area contributed by atoms with E-state index in [1.165, 1.54) is 19.3 Å². The summed E-state index contributed by atoms with van der Waals surface area (Å²) in [6.07, 6.45) is 5.91. The molecule has 2 nitrogen and oxygen atoms in total. The molecule has 2 aliphatic heterocycles. The zero-order valence-electron chi connectivity index (χ0n) is 11.6. The van der Waals surface area contributed by atoms with Crippen LogP contribution in [-0.4, -0.2) is 22.4 Å². The first-order chi connectivity index (χ1) is 7.80. The molecule has 0 aromatic rings. The Morgan fingerprint density at radius 1 is 1.12 bits per heavy atom. The van der Waals surface area contributed by atoms with Crippen molar-refractivity contribution in [2.75, 3.05) is 0 Å². The van der Waals surface area contributed by atoms with Gasteiger partial charge in [0.2, 0.25) is 0 Å². The molecule has 3 fully saturated rings. The van der Waals surface area contributed by atoms with Gasteiger partial charge in [0.25, 0.3) is 0 Å². The molecule has 3 aliphatic rings. The van der Waals surface area contributed by atoms with Crippen molar-refractivity contribution in [1.82, 2.24) is 0 Å². The molecule has 0 amide bonds. The van der Waals surface area contributed by atoms with Crippen LogP contribution >= 0.6 is 0 Å². The van der Waals surface area contributed by atoms with Crippen molar-refractivity contribution < 1.29 is 9.84 Å². The van der Waals surface area contributed by atoms with Gasteiger partial charge in [-0.1, -0.05) is 27.2 Å². The van der Waals surface area contributed by atoms with Gasteiger partial charge in [0, 0.05) is 5.92 Å². The van der Waals surface area contributed by atoms with Crippen LogP contribution in [0.15, 0.2) is 0 Å². The van der Waals surface area contributed by atoms with Crippen LogP contribution in [-0.2, 0) is 4.74 Å². The van der Waals surface area contributed by atoms with Gasteiger partial charge in [-0.05, 0) is 43.9 Å². The summed E-state index contributed by atoms with van der Waals surface area (Å²) in [5.74, 6) is 1.21. The molecule has 2 bridgehead atoms. The fourth-order valence-corrected chi connectivity index (χ4v) is 4.86. The predicted molar refractivity (Wildman–Crippen MR) is 67.7 cm³/mol. The lowest BCUT2D eigenvalue weighted by Gasteiger charge is -2.69. The Kier molecular flexibility index (Phi) is 2.30. The molecule has 0 aromatic heterocycles. The van der Waals surface area contributed by atoms with E-state index in [9.17, 15) is 5.11 Å². The van der Waals surface area contributed by atoms with Crippen LogP contribution in [0, 0.1) is 17.3 Å². The zero-order valence-corrected chi connectivity index (χ0v) is 11.6. The molecule has 5 atom stereocenters. The molecule has 1 N–H and O–H groups in total. The highest BCUT2D eigenvalue weighted by Crippen LogP contribution is 2.65. The Bertz CT molecular complexity index is 330. The first-order valence-electron chi connectivity index (χ1n) is 7.20. The van der Waals surface area contributed by atoms with Crippen molar-refractivity contribution in [2.24, 2.45) is 17.3 Å². The summed E-state index contributed by atoms with van der Waals surface area (Å²) < 4.78 is 6.26. The molecule has 1 saturated carbocycles. The fraction of sp³-hybridized carbons (Fsp3) is 1.00. The van der Waals surface area contributed by atoms with Crippen LogP contribution in [0.2, 0.25) is 0 Å². The minimum absolute atomic E-state index is 0.0757. The monoisotopic (exact) mass is 238 g/mol. The third-order valence-electron chi connectivity index (χ3n) is 5.94. The minimum atomic E-state index is -0.603. The molecule has 1 spiro atoms. The largest absolute Gasteiger partial charge is 0.387 e. The maximum atomic E-state index is 10.5. The summed E-state index contributed by atoms with van der Waals surface area (Å²) in [7, 11) is 0. The predicted octanol–water partition coefficient (Wildman–Crippen LogP) is 3.13. The van der Waals surface area contributed by atoms with E-state index in [0.29, 0.717) is 17.3 Å². The maximum Gasteiger partial charge on any atom is 0.0927 e. The van der Waals surface area contributed by atoms with Gasteiger partial charge in [-0.3, -0.25) is 0 Å². The number of ether oxygens (including phenoxy) is 1. The Balaban J connectivity index is 2.00. The molecule has 0 aromatic carbocycles. The van der Waals surface area contributed by atoms with Crippen molar-refractivity contribution >= 4 is 0 Å². The Labute approximate surface area is 105 Å². The lowest BCUT2D eigenvalue weighted by atomic mass is 9.51. The quantitative estimate of drug-likeness (QED) is 0.702. The van der Waals surface area contributed by atoms with Gasteiger partial charge in [-0.15, -0.1) is 0 Å². The van der Waals surface area contributed by atoms with Gasteiger partial charge in [-0.25, -0.2) is 0 Å². The van der Waals surface area contributed by atoms with E-state index in [-0.39, 0.29) is 11.7 Å². The fourth-order valence-electron chi connectivity index (χ4n) is 4.86. The first kappa shape index (κ1) is 12.0. The molecular weight excluding hydrogens is 212 g/mol. The topological polar surface area (TPSA) is 29.5 Å². The van der Waals surface area contributed by atoms with Gasteiger partial charge in [-0.2, -0.15) is 0 Å². The van der Waals surface area contributed by atoms with Crippen LogP contribution in [0.1, 0.15) is 59.8 Å². The number of fused-ring (bicyclic) bond motifs is 2. The van der Waals surface area contributed by atoms with Crippen molar-refractivity contribution in [2.45, 2.75) is 77.1 Å². The average Bonchev–Trinajstić information content (AvgIpc) is 2.19. The Hall–Kier alpha value is -0.0800. The third-order valence-corrected chi connectivity index (χ3v) is 5.94. The molecule has 2 heterocycles. The van der Waals surface area contributed by atoms with Gasteiger partial charge in [0.05, 0.1) is 17.3 Å². The molecular formula is C15H26O2. The van der Waals surface area contributed by atoms with Crippen LogP contribution in [0.25, 0.3) is 0 Å². The van der Waals surface area contributed by atoms with E-state index in [1.807, 2.05) is 6.92 Å². The third kappa shape index (κ3) is 1.40. The average molecular weight is 238 g/mol. The van der Waals surface area contributed by atoms with E-state index in [2.05, 4.69) is 20.8 Å². The number of hydrogen-bond donors (Lipinski definition) is 1. The van der Waals surface area contributed by atoms with Crippen molar-refractivity contribution in [3.05, 3.63) is 0 Å². The zero-order chi connectivity index (χ0) is 12.5.